The maximum absolute atomic E-state index is 13.0. The molecule has 1 amide bonds. The number of morpholine rings is 1. The number of ether oxygens (including phenoxy) is 1. The van der Waals surface area contributed by atoms with Gasteiger partial charge in [-0.05, 0) is 30.2 Å². The van der Waals surface area contributed by atoms with Crippen LogP contribution in [0, 0.1) is 0 Å². The molecule has 0 aliphatic carbocycles. The maximum Gasteiger partial charge on any atom is 0.290 e. The van der Waals surface area contributed by atoms with Crippen molar-refractivity contribution in [3.63, 3.8) is 0 Å². The molecule has 2 aliphatic rings. The molecule has 2 aromatic rings. The second-order valence-electron chi connectivity index (χ2n) is 7.06. The first-order valence-electron chi connectivity index (χ1n) is 9.69. The second kappa shape index (κ2) is 8.59. The van der Waals surface area contributed by atoms with E-state index in [0.717, 1.165) is 26.1 Å². The van der Waals surface area contributed by atoms with Gasteiger partial charge in [-0.25, -0.2) is 0 Å². The van der Waals surface area contributed by atoms with Gasteiger partial charge in [0.1, 0.15) is 0 Å². The van der Waals surface area contributed by atoms with E-state index in [1.54, 1.807) is 35.5 Å². The van der Waals surface area contributed by atoms with Gasteiger partial charge in [-0.3, -0.25) is 19.5 Å². The summed E-state index contributed by atoms with van der Waals surface area (Å²) < 4.78 is 10.6. The van der Waals surface area contributed by atoms with Crippen LogP contribution in [0.1, 0.15) is 28.6 Å². The van der Waals surface area contributed by atoms with Crippen molar-refractivity contribution in [3.8, 4) is 0 Å². The van der Waals surface area contributed by atoms with E-state index < -0.39 is 23.5 Å². The van der Waals surface area contributed by atoms with Gasteiger partial charge in [0.2, 0.25) is 5.78 Å². The summed E-state index contributed by atoms with van der Waals surface area (Å²) in [6.45, 7) is 4.39. The predicted molar refractivity (Wildman–Crippen MR) is 103 cm³/mol. The summed E-state index contributed by atoms with van der Waals surface area (Å²) in [4.78, 5) is 33.8. The summed E-state index contributed by atoms with van der Waals surface area (Å²) in [7, 11) is 0. The first-order valence-corrected chi connectivity index (χ1v) is 9.69. The van der Waals surface area contributed by atoms with Crippen LogP contribution in [0.2, 0.25) is 0 Å². The monoisotopic (exact) mass is 397 g/mol. The highest BCUT2D eigenvalue weighted by molar-refractivity contribution is 6.14. The molecule has 4 heterocycles. The van der Waals surface area contributed by atoms with Gasteiger partial charge in [0.15, 0.2) is 11.5 Å². The molecule has 0 aromatic carbocycles. The Kier molecular flexibility index (Phi) is 5.73. The number of carbonyl (C=O) groups is 2. The largest absolute Gasteiger partial charge is 0.503 e. The Balaban J connectivity index is 1.57. The van der Waals surface area contributed by atoms with Crippen LogP contribution in [0.15, 0.2) is 58.7 Å². The number of amides is 1. The first kappa shape index (κ1) is 19.4. The third kappa shape index (κ3) is 3.94. The summed E-state index contributed by atoms with van der Waals surface area (Å²) in [6.07, 6.45) is 5.35. The van der Waals surface area contributed by atoms with Gasteiger partial charge in [-0.1, -0.05) is 6.07 Å². The number of hydrogen-bond donors (Lipinski definition) is 1. The van der Waals surface area contributed by atoms with Crippen LogP contribution in [0.5, 0.6) is 0 Å². The molecule has 0 saturated carbocycles. The summed E-state index contributed by atoms with van der Waals surface area (Å²) in [5, 5.41) is 10.6. The third-order valence-corrected chi connectivity index (χ3v) is 5.27. The molecule has 1 saturated heterocycles. The minimum atomic E-state index is -0.696. The quantitative estimate of drug-likeness (QED) is 0.714. The van der Waals surface area contributed by atoms with Crippen LogP contribution >= 0.6 is 0 Å². The van der Waals surface area contributed by atoms with Crippen molar-refractivity contribution in [2.24, 2.45) is 0 Å². The Labute approximate surface area is 168 Å². The number of ketones is 1. The molecule has 0 spiro atoms. The second-order valence-corrected chi connectivity index (χ2v) is 7.06. The molecule has 0 bridgehead atoms. The molecule has 8 nitrogen and oxygen atoms in total. The normalized spacial score (nSPS) is 20.5. The number of furan rings is 1. The number of rotatable bonds is 7. The fraction of sp³-hybridized carbons (Fsp3) is 0.381. The highest BCUT2D eigenvalue weighted by Crippen LogP contribution is 2.38. The van der Waals surface area contributed by atoms with Crippen molar-refractivity contribution in [3.05, 3.63) is 65.6 Å². The van der Waals surface area contributed by atoms with Crippen molar-refractivity contribution in [2.75, 3.05) is 39.4 Å². The SMILES string of the molecule is O=C(C1=C(O)C(=O)N(CCCN2CCOCC2)[C@@H]1c1cccnc1)c1ccco1. The highest BCUT2D eigenvalue weighted by Gasteiger charge is 2.44. The van der Waals surface area contributed by atoms with Gasteiger partial charge in [0.25, 0.3) is 5.91 Å². The average molecular weight is 397 g/mol. The van der Waals surface area contributed by atoms with E-state index in [0.29, 0.717) is 25.3 Å². The molecule has 0 radical (unpaired) electrons. The van der Waals surface area contributed by atoms with Crippen LogP contribution in [-0.2, 0) is 9.53 Å². The number of pyridine rings is 1. The third-order valence-electron chi connectivity index (χ3n) is 5.27. The molecular weight excluding hydrogens is 374 g/mol. The molecule has 1 atom stereocenters. The van der Waals surface area contributed by atoms with Crippen LogP contribution in [-0.4, -0.2) is 71.0 Å². The Morgan fingerprint density at radius 3 is 2.72 bits per heavy atom. The van der Waals surface area contributed by atoms with E-state index >= 15 is 0 Å². The van der Waals surface area contributed by atoms with Crippen molar-refractivity contribution in [1.29, 1.82) is 0 Å². The number of aromatic nitrogens is 1. The molecule has 152 valence electrons. The number of carbonyl (C=O) groups excluding carboxylic acids is 2. The van der Waals surface area contributed by atoms with Gasteiger partial charge < -0.3 is 19.2 Å². The van der Waals surface area contributed by atoms with E-state index in [9.17, 15) is 14.7 Å². The van der Waals surface area contributed by atoms with Gasteiger partial charge in [0, 0.05) is 38.6 Å². The zero-order chi connectivity index (χ0) is 20.2. The standard InChI is InChI=1S/C21H23N3O5/c25-19(16-5-2-11-29-16)17-18(15-4-1-6-22-14-15)24(21(27)20(17)26)8-3-7-23-9-12-28-13-10-23/h1-2,4-6,11,14,18,26H,3,7-10,12-13H2/t18-/m1/s1. The van der Waals surface area contributed by atoms with Gasteiger partial charge in [0.05, 0.1) is 31.1 Å². The van der Waals surface area contributed by atoms with Crippen molar-refractivity contribution >= 4 is 11.7 Å². The van der Waals surface area contributed by atoms with Crippen molar-refractivity contribution < 1.29 is 23.8 Å². The molecule has 4 rings (SSSR count). The Bertz CT molecular complexity index is 888. The minimum absolute atomic E-state index is 0.0318. The number of nitrogens with zero attached hydrogens (tertiary/aromatic N) is 3. The minimum Gasteiger partial charge on any atom is -0.503 e. The molecule has 29 heavy (non-hydrogen) atoms. The lowest BCUT2D eigenvalue weighted by atomic mass is 9.96. The number of Topliss-reactive ketones (excluding diaryl/α,β-unsaturated/α-hetero) is 1. The van der Waals surface area contributed by atoms with E-state index in [4.69, 9.17) is 9.15 Å². The fourth-order valence-corrected chi connectivity index (χ4v) is 3.83. The predicted octanol–water partition coefficient (Wildman–Crippen LogP) is 1.98. The molecule has 2 aromatic heterocycles. The lowest BCUT2D eigenvalue weighted by Gasteiger charge is -2.29. The van der Waals surface area contributed by atoms with Crippen LogP contribution in [0.4, 0.5) is 0 Å². The zero-order valence-electron chi connectivity index (χ0n) is 16.0. The Morgan fingerprint density at radius 2 is 2.03 bits per heavy atom. The summed E-state index contributed by atoms with van der Waals surface area (Å²) in [5.74, 6) is -1.48. The van der Waals surface area contributed by atoms with Crippen molar-refractivity contribution in [1.82, 2.24) is 14.8 Å². The number of aliphatic hydroxyl groups excluding tert-OH is 1. The molecule has 2 aliphatic heterocycles. The summed E-state index contributed by atoms with van der Waals surface area (Å²) in [6, 6.07) is 5.97. The summed E-state index contributed by atoms with van der Waals surface area (Å²) in [5.41, 5.74) is 0.704. The van der Waals surface area contributed by atoms with Crippen molar-refractivity contribution in [2.45, 2.75) is 12.5 Å². The van der Waals surface area contributed by atoms with Gasteiger partial charge >= 0.3 is 0 Å². The fourth-order valence-electron chi connectivity index (χ4n) is 3.83. The van der Waals surface area contributed by atoms with Gasteiger partial charge in [-0.2, -0.15) is 0 Å². The van der Waals surface area contributed by atoms with E-state index in [2.05, 4.69) is 9.88 Å². The lowest BCUT2D eigenvalue weighted by molar-refractivity contribution is -0.129. The smallest absolute Gasteiger partial charge is 0.290 e. The van der Waals surface area contributed by atoms with Crippen LogP contribution in [0.3, 0.4) is 0 Å². The molecular formula is C21H23N3O5. The van der Waals surface area contributed by atoms with Crippen LogP contribution < -0.4 is 0 Å². The number of hydrogen-bond acceptors (Lipinski definition) is 7. The van der Waals surface area contributed by atoms with E-state index in [1.165, 1.54) is 12.3 Å². The first-order chi connectivity index (χ1) is 14.2. The topological polar surface area (TPSA) is 96.1 Å². The average Bonchev–Trinajstić information content (AvgIpc) is 3.38. The van der Waals surface area contributed by atoms with E-state index in [-0.39, 0.29) is 11.3 Å². The van der Waals surface area contributed by atoms with E-state index in [1.807, 2.05) is 0 Å². The maximum atomic E-state index is 13.0. The highest BCUT2D eigenvalue weighted by atomic mass is 16.5. The summed E-state index contributed by atoms with van der Waals surface area (Å²) >= 11 is 0. The zero-order valence-corrected chi connectivity index (χ0v) is 16.0. The number of aliphatic hydroxyl groups is 1. The molecule has 1 N–H and O–H groups in total. The lowest BCUT2D eigenvalue weighted by Crippen LogP contribution is -2.39. The molecule has 1 fully saturated rings. The Hall–Kier alpha value is -2.97. The Morgan fingerprint density at radius 1 is 1.21 bits per heavy atom. The van der Waals surface area contributed by atoms with Crippen LogP contribution in [0.25, 0.3) is 0 Å². The molecule has 0 unspecified atom stereocenters. The molecule has 8 heteroatoms. The van der Waals surface area contributed by atoms with Gasteiger partial charge in [-0.15, -0.1) is 0 Å².